The average molecular weight is 203 g/mol. The highest BCUT2D eigenvalue weighted by molar-refractivity contribution is 5.79. The maximum Gasteiger partial charge on any atom is 0.138 e. The van der Waals surface area contributed by atoms with E-state index >= 15 is 0 Å². The molecule has 0 spiro atoms. The molecule has 0 atom stereocenters. The Morgan fingerprint density at radius 2 is 2.13 bits per heavy atom. The van der Waals surface area contributed by atoms with Gasteiger partial charge < -0.3 is 9.84 Å². The van der Waals surface area contributed by atoms with Crippen molar-refractivity contribution < 1.29 is 9.84 Å². The van der Waals surface area contributed by atoms with Crippen LogP contribution in [0.25, 0.3) is 10.9 Å². The minimum Gasteiger partial charge on any atom is -0.492 e. The quantitative estimate of drug-likeness (QED) is 0.773. The van der Waals surface area contributed by atoms with Gasteiger partial charge in [0.2, 0.25) is 0 Å². The Bertz CT molecular complexity index is 442. The van der Waals surface area contributed by atoms with E-state index in [-0.39, 0.29) is 6.61 Å². The molecule has 0 amide bonds. The van der Waals surface area contributed by atoms with Crippen LogP contribution in [0.5, 0.6) is 5.75 Å². The van der Waals surface area contributed by atoms with E-state index in [4.69, 9.17) is 9.84 Å². The third-order valence-corrected chi connectivity index (χ3v) is 2.14. The zero-order chi connectivity index (χ0) is 10.5. The predicted octanol–water partition coefficient (Wildman–Crippen LogP) is 2.00. The third-order valence-electron chi connectivity index (χ3n) is 2.14. The van der Waals surface area contributed by atoms with E-state index in [1.165, 1.54) is 0 Å². The van der Waals surface area contributed by atoms with E-state index in [1.807, 2.05) is 30.3 Å². The molecule has 1 aromatic heterocycles. The zero-order valence-corrected chi connectivity index (χ0v) is 8.39. The SMILES string of the molecule is OCCCOc1cnc2ccccc2c1. The van der Waals surface area contributed by atoms with E-state index in [9.17, 15) is 0 Å². The number of aliphatic hydroxyl groups excluding tert-OH is 1. The summed E-state index contributed by atoms with van der Waals surface area (Å²) in [6, 6.07) is 9.86. The number of pyridine rings is 1. The number of hydrogen-bond acceptors (Lipinski definition) is 3. The number of rotatable bonds is 4. The summed E-state index contributed by atoms with van der Waals surface area (Å²) in [5.41, 5.74) is 0.965. The molecule has 3 nitrogen and oxygen atoms in total. The van der Waals surface area contributed by atoms with E-state index in [2.05, 4.69) is 4.98 Å². The number of nitrogens with zero attached hydrogens (tertiary/aromatic N) is 1. The molecule has 2 aromatic rings. The number of para-hydroxylation sites is 1. The van der Waals surface area contributed by atoms with Crippen molar-refractivity contribution in [2.45, 2.75) is 6.42 Å². The number of hydrogen-bond donors (Lipinski definition) is 1. The fourth-order valence-corrected chi connectivity index (χ4v) is 1.38. The summed E-state index contributed by atoms with van der Waals surface area (Å²) in [5.74, 6) is 0.752. The molecular formula is C12H13NO2. The van der Waals surface area contributed by atoms with Crippen molar-refractivity contribution in [3.05, 3.63) is 36.5 Å². The van der Waals surface area contributed by atoms with Crippen LogP contribution in [0.3, 0.4) is 0 Å². The summed E-state index contributed by atoms with van der Waals surface area (Å²) in [4.78, 5) is 4.27. The minimum absolute atomic E-state index is 0.154. The van der Waals surface area contributed by atoms with E-state index in [1.54, 1.807) is 6.20 Å². The Hall–Kier alpha value is -1.61. The van der Waals surface area contributed by atoms with Gasteiger partial charge in [0.1, 0.15) is 5.75 Å². The summed E-state index contributed by atoms with van der Waals surface area (Å²) in [6.45, 7) is 0.678. The molecule has 0 saturated heterocycles. The first-order valence-corrected chi connectivity index (χ1v) is 4.98. The van der Waals surface area contributed by atoms with Crippen LogP contribution in [0, 0.1) is 0 Å². The molecule has 1 heterocycles. The highest BCUT2D eigenvalue weighted by Crippen LogP contribution is 2.17. The highest BCUT2D eigenvalue weighted by atomic mass is 16.5. The molecule has 0 aliphatic carbocycles. The Balaban J connectivity index is 2.16. The van der Waals surface area contributed by atoms with Crippen LogP contribution in [-0.2, 0) is 0 Å². The van der Waals surface area contributed by atoms with Crippen molar-refractivity contribution in [1.82, 2.24) is 4.98 Å². The number of fused-ring (bicyclic) bond motifs is 1. The van der Waals surface area contributed by atoms with Gasteiger partial charge in [-0.3, -0.25) is 4.98 Å². The van der Waals surface area contributed by atoms with Crippen molar-refractivity contribution in [2.75, 3.05) is 13.2 Å². The summed E-state index contributed by atoms with van der Waals surface area (Å²) < 4.78 is 5.43. The fraction of sp³-hybridized carbons (Fsp3) is 0.250. The number of benzene rings is 1. The van der Waals surface area contributed by atoms with Crippen LogP contribution in [-0.4, -0.2) is 23.3 Å². The summed E-state index contributed by atoms with van der Waals surface area (Å²) >= 11 is 0. The zero-order valence-electron chi connectivity index (χ0n) is 8.39. The largest absolute Gasteiger partial charge is 0.492 e. The van der Waals surface area contributed by atoms with Crippen LogP contribution in [0.15, 0.2) is 36.5 Å². The van der Waals surface area contributed by atoms with E-state index in [0.29, 0.717) is 13.0 Å². The fourth-order valence-electron chi connectivity index (χ4n) is 1.38. The van der Waals surface area contributed by atoms with Crippen LogP contribution in [0.2, 0.25) is 0 Å². The van der Waals surface area contributed by atoms with Gasteiger partial charge in [0.25, 0.3) is 0 Å². The molecule has 0 aliphatic heterocycles. The van der Waals surface area contributed by atoms with Crippen molar-refractivity contribution in [1.29, 1.82) is 0 Å². The highest BCUT2D eigenvalue weighted by Gasteiger charge is 1.97. The molecular weight excluding hydrogens is 190 g/mol. The third kappa shape index (κ3) is 2.44. The molecule has 0 unspecified atom stereocenters. The maximum atomic E-state index is 8.62. The minimum atomic E-state index is 0.154. The van der Waals surface area contributed by atoms with Gasteiger partial charge in [-0.1, -0.05) is 18.2 Å². The number of ether oxygens (including phenoxy) is 1. The van der Waals surface area contributed by atoms with Gasteiger partial charge >= 0.3 is 0 Å². The Morgan fingerprint density at radius 3 is 3.00 bits per heavy atom. The Kier molecular flexibility index (Phi) is 3.15. The molecule has 0 radical (unpaired) electrons. The van der Waals surface area contributed by atoms with Crippen LogP contribution in [0.1, 0.15) is 6.42 Å². The van der Waals surface area contributed by atoms with Crippen molar-refractivity contribution in [3.63, 3.8) is 0 Å². The van der Waals surface area contributed by atoms with Crippen molar-refractivity contribution >= 4 is 10.9 Å². The van der Waals surface area contributed by atoms with Gasteiger partial charge in [0.05, 0.1) is 18.3 Å². The normalized spacial score (nSPS) is 10.5. The lowest BCUT2D eigenvalue weighted by Crippen LogP contribution is -1.99. The molecule has 15 heavy (non-hydrogen) atoms. The van der Waals surface area contributed by atoms with Gasteiger partial charge in [0, 0.05) is 18.4 Å². The molecule has 0 aliphatic rings. The Labute approximate surface area is 88.3 Å². The molecule has 3 heteroatoms. The van der Waals surface area contributed by atoms with Gasteiger partial charge in [-0.25, -0.2) is 0 Å². The number of aliphatic hydroxyl groups is 1. The predicted molar refractivity (Wildman–Crippen MR) is 58.9 cm³/mol. The van der Waals surface area contributed by atoms with Gasteiger partial charge in [0.15, 0.2) is 0 Å². The summed E-state index contributed by atoms with van der Waals surface area (Å²) in [6.07, 6.45) is 2.35. The van der Waals surface area contributed by atoms with Crippen molar-refractivity contribution in [2.24, 2.45) is 0 Å². The monoisotopic (exact) mass is 203 g/mol. The molecule has 0 saturated carbocycles. The molecule has 0 fully saturated rings. The van der Waals surface area contributed by atoms with E-state index < -0.39 is 0 Å². The van der Waals surface area contributed by atoms with Gasteiger partial charge in [-0.15, -0.1) is 0 Å². The topological polar surface area (TPSA) is 42.4 Å². The van der Waals surface area contributed by atoms with Crippen molar-refractivity contribution in [3.8, 4) is 5.75 Å². The first-order valence-electron chi connectivity index (χ1n) is 4.98. The lowest BCUT2D eigenvalue weighted by molar-refractivity contribution is 0.233. The smallest absolute Gasteiger partial charge is 0.138 e. The molecule has 1 aromatic carbocycles. The number of aromatic nitrogens is 1. The summed E-state index contributed by atoms with van der Waals surface area (Å²) in [5, 5.41) is 9.69. The standard InChI is InChI=1S/C12H13NO2/c14-6-3-7-15-11-8-10-4-1-2-5-12(10)13-9-11/h1-2,4-5,8-9,14H,3,6-7H2. The molecule has 78 valence electrons. The molecule has 1 N–H and O–H groups in total. The second-order valence-corrected chi connectivity index (χ2v) is 3.29. The maximum absolute atomic E-state index is 8.62. The molecule has 2 rings (SSSR count). The lowest BCUT2D eigenvalue weighted by atomic mass is 10.2. The summed E-state index contributed by atoms with van der Waals surface area (Å²) in [7, 11) is 0. The van der Waals surface area contributed by atoms with Crippen LogP contribution < -0.4 is 4.74 Å². The second kappa shape index (κ2) is 4.75. The first kappa shape index (κ1) is 9.93. The average Bonchev–Trinajstić information content (AvgIpc) is 2.29. The first-order chi connectivity index (χ1) is 7.40. The Morgan fingerprint density at radius 1 is 1.27 bits per heavy atom. The van der Waals surface area contributed by atoms with Gasteiger partial charge in [-0.05, 0) is 12.1 Å². The van der Waals surface area contributed by atoms with Gasteiger partial charge in [-0.2, -0.15) is 0 Å². The molecule has 0 bridgehead atoms. The van der Waals surface area contributed by atoms with E-state index in [0.717, 1.165) is 16.7 Å². The van der Waals surface area contributed by atoms with Crippen LogP contribution in [0.4, 0.5) is 0 Å². The van der Waals surface area contributed by atoms with Crippen LogP contribution >= 0.6 is 0 Å². The second-order valence-electron chi connectivity index (χ2n) is 3.29. The lowest BCUT2D eigenvalue weighted by Gasteiger charge is -2.05.